The smallest absolute Gasteiger partial charge is 0.140 e. The van der Waals surface area contributed by atoms with Gasteiger partial charge in [-0.15, -0.1) is 0 Å². The lowest BCUT2D eigenvalue weighted by Gasteiger charge is -2.15. The number of nitriles is 2. The molecule has 5 nitrogen and oxygen atoms in total. The highest BCUT2D eigenvalue weighted by Gasteiger charge is 2.21. The van der Waals surface area contributed by atoms with Crippen molar-refractivity contribution >= 4 is 43.6 Å². The van der Waals surface area contributed by atoms with Crippen molar-refractivity contribution in [1.29, 1.82) is 10.5 Å². The predicted molar refractivity (Wildman–Crippen MR) is 270 cm³/mol. The van der Waals surface area contributed by atoms with Crippen molar-refractivity contribution in [2.75, 3.05) is 0 Å². The lowest BCUT2D eigenvalue weighted by molar-refractivity contribution is 1.01. The van der Waals surface area contributed by atoms with Crippen molar-refractivity contribution < 1.29 is 0 Å². The van der Waals surface area contributed by atoms with Gasteiger partial charge in [0.05, 0.1) is 33.2 Å². The molecule has 0 bridgehead atoms. The molecule has 0 aliphatic heterocycles. The van der Waals surface area contributed by atoms with Crippen LogP contribution in [-0.2, 0) is 0 Å². The van der Waals surface area contributed by atoms with Crippen LogP contribution in [-0.4, -0.2) is 14.1 Å². The van der Waals surface area contributed by atoms with Gasteiger partial charge in [0.25, 0.3) is 0 Å². The van der Waals surface area contributed by atoms with Gasteiger partial charge >= 0.3 is 0 Å². The Labute approximate surface area is 381 Å². The highest BCUT2D eigenvalue weighted by molar-refractivity contribution is 6.13. The summed E-state index contributed by atoms with van der Waals surface area (Å²) in [6, 6.07) is 82.9. The van der Waals surface area contributed by atoms with Gasteiger partial charge in [-0.3, -0.25) is 9.13 Å². The van der Waals surface area contributed by atoms with Crippen LogP contribution in [0, 0.1) is 22.7 Å². The van der Waals surface area contributed by atoms with Crippen LogP contribution in [0.15, 0.2) is 224 Å². The number of hydrogen-bond acceptors (Lipinski definition) is 3. The fraction of sp³-hybridized carbons (Fsp3) is 0. The van der Waals surface area contributed by atoms with Gasteiger partial charge in [0.2, 0.25) is 0 Å². The minimum absolute atomic E-state index is 0.326. The van der Waals surface area contributed by atoms with Gasteiger partial charge in [-0.25, -0.2) is 4.98 Å². The van der Waals surface area contributed by atoms with Gasteiger partial charge in [-0.05, 0) is 128 Å². The van der Waals surface area contributed by atoms with E-state index in [0.717, 1.165) is 111 Å². The van der Waals surface area contributed by atoms with Crippen LogP contribution in [0.25, 0.3) is 111 Å². The first-order chi connectivity index (χ1) is 32.6. The second kappa shape index (κ2) is 15.8. The molecule has 0 spiro atoms. The van der Waals surface area contributed by atoms with E-state index in [4.69, 9.17) is 4.98 Å². The molecule has 12 rings (SSSR count). The summed E-state index contributed by atoms with van der Waals surface area (Å²) in [5.41, 5.74) is 15.5. The molecule has 306 valence electrons. The van der Waals surface area contributed by atoms with E-state index in [9.17, 15) is 10.5 Å². The molecule has 0 atom stereocenters. The first kappa shape index (κ1) is 38.4. The molecular weight excluding hydrogens is 803 g/mol. The van der Waals surface area contributed by atoms with Crippen LogP contribution in [0.2, 0.25) is 0 Å². The molecule has 0 amide bonds. The Morgan fingerprint density at radius 1 is 0.273 bits per heavy atom. The molecule has 9 aromatic carbocycles. The van der Waals surface area contributed by atoms with Gasteiger partial charge in [0.15, 0.2) is 0 Å². The Kier molecular flexibility index (Phi) is 9.19. The van der Waals surface area contributed by atoms with E-state index < -0.39 is 0 Å². The molecule has 0 radical (unpaired) electrons. The van der Waals surface area contributed by atoms with E-state index in [1.165, 1.54) is 0 Å². The minimum Gasteiger partial charge on any atom is -0.294 e. The molecule has 3 heterocycles. The third-order valence-corrected chi connectivity index (χ3v) is 12.8. The lowest BCUT2D eigenvalue weighted by atomic mass is 10.0. The van der Waals surface area contributed by atoms with E-state index in [1.54, 1.807) is 6.07 Å². The quantitative estimate of drug-likeness (QED) is 0.160. The van der Waals surface area contributed by atoms with Crippen molar-refractivity contribution in [3.05, 3.63) is 236 Å². The zero-order chi connectivity index (χ0) is 44.1. The Hall–Kier alpha value is -9.29. The molecule has 12 aromatic rings. The van der Waals surface area contributed by atoms with Gasteiger partial charge < -0.3 is 0 Å². The summed E-state index contributed by atoms with van der Waals surface area (Å²) in [6.45, 7) is 0. The number of aromatic nitrogens is 3. The van der Waals surface area contributed by atoms with Gasteiger partial charge in [0, 0.05) is 21.5 Å². The van der Waals surface area contributed by atoms with E-state index in [0.29, 0.717) is 11.1 Å². The molecule has 66 heavy (non-hydrogen) atoms. The number of benzene rings is 9. The predicted octanol–water partition coefficient (Wildman–Crippen LogP) is 15.4. The third kappa shape index (κ3) is 6.51. The number of rotatable bonds is 7. The summed E-state index contributed by atoms with van der Waals surface area (Å²) in [5, 5.41) is 24.6. The molecule has 0 fully saturated rings. The average Bonchev–Trinajstić information content (AvgIpc) is 3.90. The number of pyridine rings is 1. The maximum absolute atomic E-state index is 10.2. The molecule has 0 saturated heterocycles. The van der Waals surface area contributed by atoms with E-state index in [-0.39, 0.29) is 0 Å². The van der Waals surface area contributed by atoms with Crippen LogP contribution in [0.1, 0.15) is 11.1 Å². The summed E-state index contributed by atoms with van der Waals surface area (Å²) < 4.78 is 4.54. The van der Waals surface area contributed by atoms with Crippen molar-refractivity contribution in [3.8, 4) is 79.4 Å². The van der Waals surface area contributed by atoms with E-state index in [1.807, 2.05) is 36.4 Å². The Bertz CT molecular complexity index is 3520. The molecule has 0 unspecified atom stereocenters. The van der Waals surface area contributed by atoms with Crippen LogP contribution in [0.4, 0.5) is 0 Å². The normalized spacial score (nSPS) is 11.3. The maximum Gasteiger partial charge on any atom is 0.140 e. The SMILES string of the molecule is N#Cc1ccc(-c2cc(-n3c4ccc(-c5ccccc5)cc4c4cc(-c5ccccc5)ccc43)nc(-n3c4ccc(-c5ccccc5)cc4c4cc(-c5ccccc5)ccc43)c2)cc1C#N. The van der Waals surface area contributed by atoms with Gasteiger partial charge in [-0.2, -0.15) is 10.5 Å². The topological polar surface area (TPSA) is 70.3 Å². The summed E-state index contributed by atoms with van der Waals surface area (Å²) in [7, 11) is 0. The third-order valence-electron chi connectivity index (χ3n) is 12.8. The Morgan fingerprint density at radius 2 is 0.576 bits per heavy atom. The molecule has 0 aliphatic rings. The fourth-order valence-corrected chi connectivity index (χ4v) is 9.59. The van der Waals surface area contributed by atoms with Crippen LogP contribution < -0.4 is 0 Å². The van der Waals surface area contributed by atoms with Crippen molar-refractivity contribution in [2.24, 2.45) is 0 Å². The molecule has 3 aromatic heterocycles. The largest absolute Gasteiger partial charge is 0.294 e. The highest BCUT2D eigenvalue weighted by atomic mass is 15.1. The zero-order valence-electron chi connectivity index (χ0n) is 35.6. The first-order valence-corrected chi connectivity index (χ1v) is 22.0. The molecule has 0 aliphatic carbocycles. The summed E-state index contributed by atoms with van der Waals surface area (Å²) in [4.78, 5) is 5.65. The summed E-state index contributed by atoms with van der Waals surface area (Å²) in [5.74, 6) is 1.45. The van der Waals surface area contributed by atoms with Crippen LogP contribution in [0.3, 0.4) is 0 Å². The van der Waals surface area contributed by atoms with Gasteiger partial charge in [0.1, 0.15) is 23.8 Å². The monoisotopic (exact) mass is 839 g/mol. The van der Waals surface area contributed by atoms with E-state index in [2.05, 4.69) is 203 Å². The lowest BCUT2D eigenvalue weighted by Crippen LogP contribution is -2.04. The van der Waals surface area contributed by atoms with Crippen molar-refractivity contribution in [1.82, 2.24) is 14.1 Å². The average molecular weight is 840 g/mol. The molecule has 5 heteroatoms. The van der Waals surface area contributed by atoms with Crippen molar-refractivity contribution in [3.63, 3.8) is 0 Å². The Balaban J connectivity index is 1.16. The standard InChI is InChI=1S/C61H37N5/c62-38-49-22-21-44(31-51(49)39-63)50-36-60(65-56-27-23-45(40-13-5-1-6-14-40)32-52(56)53-33-46(24-28-57(53)65)41-15-7-2-8-16-41)64-61(37-50)66-58-29-25-47(42-17-9-3-10-18-42)34-54(58)55-35-48(26-30-59(55)66)43-19-11-4-12-20-43/h1-37H. The zero-order valence-corrected chi connectivity index (χ0v) is 35.6. The molecule has 0 saturated carbocycles. The minimum atomic E-state index is 0.326. The highest BCUT2D eigenvalue weighted by Crippen LogP contribution is 2.41. The van der Waals surface area contributed by atoms with Crippen LogP contribution >= 0.6 is 0 Å². The summed E-state index contributed by atoms with van der Waals surface area (Å²) in [6.07, 6.45) is 0. The second-order valence-corrected chi connectivity index (χ2v) is 16.6. The number of hydrogen-bond donors (Lipinski definition) is 0. The van der Waals surface area contributed by atoms with Crippen molar-refractivity contribution in [2.45, 2.75) is 0 Å². The molecule has 0 N–H and O–H groups in total. The number of nitrogens with zero attached hydrogens (tertiary/aromatic N) is 5. The van der Waals surface area contributed by atoms with E-state index >= 15 is 0 Å². The first-order valence-electron chi connectivity index (χ1n) is 22.0. The molecular formula is C61H37N5. The maximum atomic E-state index is 10.2. The Morgan fingerprint density at radius 3 is 0.894 bits per heavy atom. The summed E-state index contributed by atoms with van der Waals surface area (Å²) >= 11 is 0. The van der Waals surface area contributed by atoms with Gasteiger partial charge in [-0.1, -0.05) is 152 Å². The fourth-order valence-electron chi connectivity index (χ4n) is 9.59. The number of fused-ring (bicyclic) bond motifs is 6. The van der Waals surface area contributed by atoms with Crippen LogP contribution in [0.5, 0.6) is 0 Å². The second-order valence-electron chi connectivity index (χ2n) is 16.6.